The highest BCUT2D eigenvalue weighted by Gasteiger charge is 2.26. The SMILES string of the molecule is Cc1cc2c(F)cc(OCC3=CC(n4ccc5c(N)ncnc54)CC3C)cc2nc1N. The zero-order valence-electron chi connectivity index (χ0n) is 17.3. The Morgan fingerprint density at radius 3 is 2.84 bits per heavy atom. The third-order valence-corrected chi connectivity index (χ3v) is 6.02. The van der Waals surface area contributed by atoms with Gasteiger partial charge >= 0.3 is 0 Å². The van der Waals surface area contributed by atoms with Crippen LogP contribution in [-0.2, 0) is 0 Å². The fourth-order valence-corrected chi connectivity index (χ4v) is 4.21. The molecule has 0 saturated carbocycles. The van der Waals surface area contributed by atoms with Crippen molar-refractivity contribution in [2.45, 2.75) is 26.3 Å². The highest BCUT2D eigenvalue weighted by molar-refractivity contribution is 5.86. The van der Waals surface area contributed by atoms with Gasteiger partial charge in [-0.15, -0.1) is 0 Å². The molecule has 1 aromatic carbocycles. The molecule has 0 amide bonds. The van der Waals surface area contributed by atoms with E-state index in [2.05, 4.69) is 32.5 Å². The molecule has 0 radical (unpaired) electrons. The summed E-state index contributed by atoms with van der Waals surface area (Å²) in [6.07, 6.45) is 6.59. The number of aryl methyl sites for hydroxylation is 1. The fourth-order valence-electron chi connectivity index (χ4n) is 4.21. The topological polar surface area (TPSA) is 105 Å². The van der Waals surface area contributed by atoms with Crippen molar-refractivity contribution < 1.29 is 9.13 Å². The largest absolute Gasteiger partial charge is 0.489 e. The predicted molar refractivity (Wildman–Crippen MR) is 119 cm³/mol. The third kappa shape index (κ3) is 3.34. The Labute approximate surface area is 178 Å². The van der Waals surface area contributed by atoms with Crippen molar-refractivity contribution in [3.05, 3.63) is 59.8 Å². The van der Waals surface area contributed by atoms with Crippen molar-refractivity contribution in [2.24, 2.45) is 5.92 Å². The molecule has 2 unspecified atom stereocenters. The monoisotopic (exact) mass is 418 g/mol. The first kappa shape index (κ1) is 19.3. The first-order valence-corrected chi connectivity index (χ1v) is 10.2. The smallest absolute Gasteiger partial charge is 0.146 e. The molecule has 5 rings (SSSR count). The first-order valence-electron chi connectivity index (χ1n) is 10.2. The van der Waals surface area contributed by atoms with Gasteiger partial charge in [-0.2, -0.15) is 0 Å². The summed E-state index contributed by atoms with van der Waals surface area (Å²) < 4.78 is 22.6. The van der Waals surface area contributed by atoms with Gasteiger partial charge in [-0.1, -0.05) is 13.0 Å². The zero-order valence-corrected chi connectivity index (χ0v) is 17.3. The fraction of sp³-hybridized carbons (Fsp3) is 0.261. The van der Waals surface area contributed by atoms with E-state index < -0.39 is 0 Å². The van der Waals surface area contributed by atoms with E-state index in [1.807, 2.05) is 19.2 Å². The van der Waals surface area contributed by atoms with E-state index >= 15 is 0 Å². The second kappa shape index (κ2) is 7.23. The number of benzene rings is 1. The quantitative estimate of drug-likeness (QED) is 0.482. The average Bonchev–Trinajstić information content (AvgIpc) is 3.32. The number of ether oxygens (including phenoxy) is 1. The summed E-state index contributed by atoms with van der Waals surface area (Å²) >= 11 is 0. The van der Waals surface area contributed by atoms with E-state index in [1.54, 1.807) is 12.1 Å². The van der Waals surface area contributed by atoms with Crippen LogP contribution in [0.5, 0.6) is 5.75 Å². The molecule has 2 atom stereocenters. The summed E-state index contributed by atoms with van der Waals surface area (Å²) in [5, 5.41) is 1.29. The molecule has 3 heterocycles. The third-order valence-electron chi connectivity index (χ3n) is 6.02. The molecule has 7 nitrogen and oxygen atoms in total. The van der Waals surface area contributed by atoms with E-state index in [0.717, 1.165) is 28.6 Å². The first-order chi connectivity index (χ1) is 14.9. The normalized spacial score (nSPS) is 18.6. The minimum Gasteiger partial charge on any atom is -0.489 e. The van der Waals surface area contributed by atoms with Crippen molar-refractivity contribution >= 4 is 33.6 Å². The molecule has 0 saturated heterocycles. The number of halogens is 1. The van der Waals surface area contributed by atoms with Crippen molar-refractivity contribution in [3.63, 3.8) is 0 Å². The Bertz CT molecular complexity index is 1350. The molecule has 4 N–H and O–H groups in total. The Morgan fingerprint density at radius 2 is 2.00 bits per heavy atom. The molecule has 0 spiro atoms. The molecular weight excluding hydrogens is 395 g/mol. The van der Waals surface area contributed by atoms with E-state index in [1.165, 1.54) is 12.4 Å². The van der Waals surface area contributed by atoms with Crippen LogP contribution in [0.2, 0.25) is 0 Å². The highest BCUT2D eigenvalue weighted by Crippen LogP contribution is 2.36. The lowest BCUT2D eigenvalue weighted by molar-refractivity contribution is 0.337. The number of rotatable bonds is 4. The maximum absolute atomic E-state index is 14.6. The number of nitrogens with zero attached hydrogens (tertiary/aromatic N) is 4. The Hall–Kier alpha value is -3.68. The standard InChI is InChI=1S/C23H23FN6O/c1-12-5-15(30-4-3-17-22(26)27-11-28-23(17)30)7-14(12)10-31-16-8-19(24)18-6-13(2)21(25)29-20(18)9-16/h3-4,6-9,11-12,15H,5,10H2,1-2H3,(H2,25,29)(H2,26,27,28). The average molecular weight is 418 g/mol. The lowest BCUT2D eigenvalue weighted by Gasteiger charge is -2.13. The van der Waals surface area contributed by atoms with Crippen LogP contribution < -0.4 is 16.2 Å². The van der Waals surface area contributed by atoms with Gasteiger partial charge in [0.05, 0.1) is 16.9 Å². The number of aromatic nitrogens is 4. The second-order valence-corrected chi connectivity index (χ2v) is 8.12. The number of hydrogen-bond acceptors (Lipinski definition) is 6. The van der Waals surface area contributed by atoms with Crippen LogP contribution in [0.1, 0.15) is 24.9 Å². The van der Waals surface area contributed by atoms with Crippen LogP contribution in [0.3, 0.4) is 0 Å². The van der Waals surface area contributed by atoms with E-state index in [-0.39, 0.29) is 11.9 Å². The second-order valence-electron chi connectivity index (χ2n) is 8.12. The Kier molecular flexibility index (Phi) is 4.50. The molecule has 1 aliphatic carbocycles. The molecule has 3 aromatic heterocycles. The highest BCUT2D eigenvalue weighted by atomic mass is 19.1. The van der Waals surface area contributed by atoms with Crippen LogP contribution >= 0.6 is 0 Å². The molecule has 1 aliphatic rings. The van der Waals surface area contributed by atoms with Gasteiger partial charge in [0.2, 0.25) is 0 Å². The molecular formula is C23H23FN6O. The van der Waals surface area contributed by atoms with Gasteiger partial charge in [0.15, 0.2) is 0 Å². The summed E-state index contributed by atoms with van der Waals surface area (Å²) in [7, 11) is 0. The van der Waals surface area contributed by atoms with Gasteiger partial charge in [0.25, 0.3) is 0 Å². The van der Waals surface area contributed by atoms with Gasteiger partial charge in [-0.3, -0.25) is 0 Å². The molecule has 0 fully saturated rings. The number of hydrogen-bond donors (Lipinski definition) is 2. The Morgan fingerprint density at radius 1 is 1.16 bits per heavy atom. The van der Waals surface area contributed by atoms with E-state index in [0.29, 0.717) is 40.8 Å². The molecule has 31 heavy (non-hydrogen) atoms. The summed E-state index contributed by atoms with van der Waals surface area (Å²) in [4.78, 5) is 12.7. The number of pyridine rings is 1. The minimum absolute atomic E-state index is 0.151. The summed E-state index contributed by atoms with van der Waals surface area (Å²) in [6.45, 7) is 4.35. The van der Waals surface area contributed by atoms with Crippen molar-refractivity contribution in [1.29, 1.82) is 0 Å². The summed E-state index contributed by atoms with van der Waals surface area (Å²) in [5.74, 6) is 1.26. The number of fused-ring (bicyclic) bond motifs is 2. The maximum atomic E-state index is 14.6. The zero-order chi connectivity index (χ0) is 21.7. The van der Waals surface area contributed by atoms with Crippen LogP contribution in [0.15, 0.2) is 48.4 Å². The maximum Gasteiger partial charge on any atom is 0.146 e. The lowest BCUT2D eigenvalue weighted by atomic mass is 10.0. The predicted octanol–water partition coefficient (Wildman–Crippen LogP) is 4.18. The van der Waals surface area contributed by atoms with Gasteiger partial charge < -0.3 is 20.8 Å². The Balaban J connectivity index is 1.39. The molecule has 0 bridgehead atoms. The van der Waals surface area contributed by atoms with Gasteiger partial charge in [0.1, 0.15) is 41.8 Å². The van der Waals surface area contributed by atoms with Crippen LogP contribution in [0.4, 0.5) is 16.0 Å². The van der Waals surface area contributed by atoms with Crippen LogP contribution in [0.25, 0.3) is 21.9 Å². The van der Waals surface area contributed by atoms with Crippen molar-refractivity contribution in [1.82, 2.24) is 19.5 Å². The van der Waals surface area contributed by atoms with Crippen molar-refractivity contribution in [3.8, 4) is 5.75 Å². The van der Waals surface area contributed by atoms with Crippen molar-refractivity contribution in [2.75, 3.05) is 18.1 Å². The molecule has 4 aromatic rings. The van der Waals surface area contributed by atoms with Gasteiger partial charge in [-0.25, -0.2) is 19.3 Å². The lowest BCUT2D eigenvalue weighted by Crippen LogP contribution is -2.07. The number of anilines is 2. The van der Waals surface area contributed by atoms with Gasteiger partial charge in [-0.05, 0) is 42.5 Å². The van der Waals surface area contributed by atoms with Crippen LogP contribution in [-0.4, -0.2) is 26.1 Å². The molecule has 158 valence electrons. The van der Waals surface area contributed by atoms with E-state index in [4.69, 9.17) is 16.2 Å². The molecule has 0 aliphatic heterocycles. The summed E-state index contributed by atoms with van der Waals surface area (Å²) in [6, 6.07) is 6.93. The number of nitrogen functional groups attached to an aromatic ring is 2. The summed E-state index contributed by atoms with van der Waals surface area (Å²) in [5.41, 5.74) is 15.1. The number of nitrogens with two attached hydrogens (primary N) is 2. The van der Waals surface area contributed by atoms with Crippen LogP contribution in [0, 0.1) is 18.7 Å². The minimum atomic E-state index is -0.370. The van der Waals surface area contributed by atoms with E-state index in [9.17, 15) is 4.39 Å². The van der Waals surface area contributed by atoms with Gasteiger partial charge in [0, 0.05) is 23.7 Å². The number of allylic oxidation sites excluding steroid dienone is 1. The molecule has 8 heteroatoms.